The molecule has 15 heavy (non-hydrogen) atoms. The molecule has 0 aliphatic heterocycles. The number of carbonyl (C=O) groups excluding carboxylic acids is 1. The number of hydrogen-bond donors (Lipinski definition) is 3. The summed E-state index contributed by atoms with van der Waals surface area (Å²) in [5.41, 5.74) is 5.99. The van der Waals surface area contributed by atoms with E-state index in [9.17, 15) is 4.79 Å². The number of thiazole rings is 1. The lowest BCUT2D eigenvalue weighted by Gasteiger charge is -2.08. The van der Waals surface area contributed by atoms with Gasteiger partial charge in [0, 0.05) is 11.4 Å². The molecule has 0 saturated heterocycles. The second kappa shape index (κ2) is 5.20. The molecule has 1 amide bonds. The molecular weight excluding hydrogens is 214 g/mol. The third-order valence-corrected chi connectivity index (χ3v) is 2.84. The van der Waals surface area contributed by atoms with Crippen LogP contribution < -0.4 is 11.1 Å². The van der Waals surface area contributed by atoms with Gasteiger partial charge in [-0.2, -0.15) is 0 Å². The van der Waals surface area contributed by atoms with Gasteiger partial charge in [-0.25, -0.2) is 4.98 Å². The molecule has 0 bridgehead atoms. The molecule has 0 spiro atoms. The van der Waals surface area contributed by atoms with Crippen LogP contribution in [0.3, 0.4) is 0 Å². The number of aromatic nitrogens is 1. The molecule has 0 aromatic carbocycles. The summed E-state index contributed by atoms with van der Waals surface area (Å²) in [4.78, 5) is 15.6. The van der Waals surface area contributed by atoms with E-state index < -0.39 is 0 Å². The molecular formula is C9H15N3O2S. The lowest BCUT2D eigenvalue weighted by atomic mass is 10.3. The highest BCUT2D eigenvalue weighted by Crippen LogP contribution is 2.15. The fourth-order valence-electron chi connectivity index (χ4n) is 0.944. The molecule has 5 nitrogen and oxygen atoms in total. The van der Waals surface area contributed by atoms with Gasteiger partial charge in [0.15, 0.2) is 0 Å². The zero-order valence-electron chi connectivity index (χ0n) is 8.73. The van der Waals surface area contributed by atoms with E-state index >= 15 is 0 Å². The van der Waals surface area contributed by atoms with Crippen molar-refractivity contribution < 1.29 is 9.90 Å². The Morgan fingerprint density at radius 2 is 2.40 bits per heavy atom. The Kier molecular flexibility index (Phi) is 4.19. The van der Waals surface area contributed by atoms with Gasteiger partial charge in [-0.1, -0.05) is 0 Å². The molecule has 1 heterocycles. The van der Waals surface area contributed by atoms with E-state index in [-0.39, 0.29) is 24.6 Å². The summed E-state index contributed by atoms with van der Waals surface area (Å²) in [6.45, 7) is 3.45. The van der Waals surface area contributed by atoms with E-state index in [0.29, 0.717) is 5.69 Å². The Hall–Kier alpha value is -0.980. The third-order valence-electron chi connectivity index (χ3n) is 1.80. The lowest BCUT2D eigenvalue weighted by Crippen LogP contribution is -2.35. The van der Waals surface area contributed by atoms with Crippen LogP contribution in [0.25, 0.3) is 0 Å². The molecule has 4 N–H and O–H groups in total. The van der Waals surface area contributed by atoms with Crippen molar-refractivity contribution in [2.24, 2.45) is 5.73 Å². The van der Waals surface area contributed by atoms with Crippen molar-refractivity contribution in [3.8, 4) is 0 Å². The minimum absolute atomic E-state index is 0.0873. The Balaban J connectivity index is 2.66. The van der Waals surface area contributed by atoms with Crippen molar-refractivity contribution in [3.05, 3.63) is 16.1 Å². The number of hydrogen-bond acceptors (Lipinski definition) is 5. The lowest BCUT2D eigenvalue weighted by molar-refractivity contribution is 0.0918. The summed E-state index contributed by atoms with van der Waals surface area (Å²) in [5.74, 6) is -0.278. The van der Waals surface area contributed by atoms with Crippen molar-refractivity contribution in [2.45, 2.75) is 25.9 Å². The Bertz CT molecular complexity index is 338. The largest absolute Gasteiger partial charge is 0.394 e. The summed E-state index contributed by atoms with van der Waals surface area (Å²) >= 11 is 1.36. The van der Waals surface area contributed by atoms with Crippen molar-refractivity contribution in [3.63, 3.8) is 0 Å². The van der Waals surface area contributed by atoms with Crippen molar-refractivity contribution in [2.75, 3.05) is 6.61 Å². The van der Waals surface area contributed by atoms with Crippen LogP contribution in [-0.2, 0) is 0 Å². The summed E-state index contributed by atoms with van der Waals surface area (Å²) in [6, 6.07) is -0.426. The maximum atomic E-state index is 11.5. The number of amides is 1. The number of rotatable bonds is 4. The molecule has 6 heteroatoms. The van der Waals surface area contributed by atoms with Crippen molar-refractivity contribution in [1.29, 1.82) is 0 Å². The minimum Gasteiger partial charge on any atom is -0.394 e. The molecule has 0 aliphatic rings. The summed E-state index contributed by atoms with van der Waals surface area (Å²) < 4.78 is 0. The van der Waals surface area contributed by atoms with Gasteiger partial charge in [-0.05, 0) is 13.8 Å². The highest BCUT2D eigenvalue weighted by molar-refractivity contribution is 7.09. The van der Waals surface area contributed by atoms with E-state index in [2.05, 4.69) is 10.3 Å². The molecule has 0 fully saturated rings. The minimum atomic E-state index is -0.278. The quantitative estimate of drug-likeness (QED) is 0.691. The molecule has 1 aromatic rings. The fourth-order valence-corrected chi connectivity index (χ4v) is 1.70. The SMILES string of the molecule is CC(CO)NC(=O)c1csc(C(C)N)n1. The summed E-state index contributed by atoms with van der Waals surface area (Å²) in [5, 5.41) is 13.8. The van der Waals surface area contributed by atoms with Gasteiger partial charge in [0.2, 0.25) is 0 Å². The smallest absolute Gasteiger partial charge is 0.271 e. The number of aliphatic hydroxyl groups is 1. The van der Waals surface area contributed by atoms with Crippen LogP contribution in [-0.4, -0.2) is 28.6 Å². The molecule has 84 valence electrons. The van der Waals surface area contributed by atoms with Gasteiger partial charge in [0.05, 0.1) is 12.6 Å². The molecule has 1 rings (SSSR count). The van der Waals surface area contributed by atoms with E-state index in [1.165, 1.54) is 11.3 Å². The predicted octanol–water partition coefficient (Wildman–Crippen LogP) is 0.273. The predicted molar refractivity (Wildman–Crippen MR) is 58.7 cm³/mol. The number of nitrogens with one attached hydrogen (secondary N) is 1. The van der Waals surface area contributed by atoms with E-state index in [1.807, 2.05) is 6.92 Å². The normalized spacial score (nSPS) is 14.7. The van der Waals surface area contributed by atoms with E-state index in [1.54, 1.807) is 12.3 Å². The van der Waals surface area contributed by atoms with Gasteiger partial charge in [0.25, 0.3) is 5.91 Å². The summed E-state index contributed by atoms with van der Waals surface area (Å²) in [6.07, 6.45) is 0. The van der Waals surface area contributed by atoms with Gasteiger partial charge in [-0.3, -0.25) is 4.79 Å². The van der Waals surface area contributed by atoms with Crippen LogP contribution in [0.4, 0.5) is 0 Å². The zero-order valence-corrected chi connectivity index (χ0v) is 9.54. The van der Waals surface area contributed by atoms with Crippen LogP contribution in [0, 0.1) is 0 Å². The first-order valence-electron chi connectivity index (χ1n) is 4.67. The van der Waals surface area contributed by atoms with E-state index in [4.69, 9.17) is 10.8 Å². The van der Waals surface area contributed by atoms with Crippen LogP contribution in [0.5, 0.6) is 0 Å². The molecule has 0 saturated carbocycles. The Labute approximate surface area is 92.3 Å². The zero-order chi connectivity index (χ0) is 11.4. The van der Waals surface area contributed by atoms with Crippen LogP contribution in [0.1, 0.15) is 35.4 Å². The first-order chi connectivity index (χ1) is 7.04. The average Bonchev–Trinajstić information content (AvgIpc) is 2.66. The molecule has 2 atom stereocenters. The summed E-state index contributed by atoms with van der Waals surface area (Å²) in [7, 11) is 0. The highest BCUT2D eigenvalue weighted by Gasteiger charge is 2.14. The Morgan fingerprint density at radius 1 is 1.73 bits per heavy atom. The Morgan fingerprint density at radius 3 is 2.87 bits per heavy atom. The molecule has 1 aromatic heterocycles. The van der Waals surface area contributed by atoms with Crippen LogP contribution in [0.2, 0.25) is 0 Å². The maximum Gasteiger partial charge on any atom is 0.271 e. The topological polar surface area (TPSA) is 88.2 Å². The van der Waals surface area contributed by atoms with Crippen LogP contribution in [0.15, 0.2) is 5.38 Å². The molecule has 0 radical (unpaired) electrons. The third kappa shape index (κ3) is 3.26. The monoisotopic (exact) mass is 229 g/mol. The molecule has 2 unspecified atom stereocenters. The van der Waals surface area contributed by atoms with Gasteiger partial charge < -0.3 is 16.2 Å². The number of nitrogens with zero attached hydrogens (tertiary/aromatic N) is 1. The molecule has 0 aliphatic carbocycles. The number of nitrogens with two attached hydrogens (primary N) is 1. The standard InChI is InChI=1S/C9H15N3O2S/c1-5(3-13)11-8(14)7-4-15-9(12-7)6(2)10/h4-6,13H,3,10H2,1-2H3,(H,11,14). The van der Waals surface area contributed by atoms with Gasteiger partial charge in [0.1, 0.15) is 10.7 Å². The maximum absolute atomic E-state index is 11.5. The first-order valence-corrected chi connectivity index (χ1v) is 5.55. The second-order valence-electron chi connectivity index (χ2n) is 3.42. The average molecular weight is 229 g/mol. The number of aliphatic hydroxyl groups excluding tert-OH is 1. The number of carbonyl (C=O) groups is 1. The van der Waals surface area contributed by atoms with Gasteiger partial charge >= 0.3 is 0 Å². The first kappa shape index (κ1) is 12.1. The van der Waals surface area contributed by atoms with Crippen molar-refractivity contribution >= 4 is 17.2 Å². The van der Waals surface area contributed by atoms with Crippen molar-refractivity contribution in [1.82, 2.24) is 10.3 Å². The van der Waals surface area contributed by atoms with Gasteiger partial charge in [-0.15, -0.1) is 11.3 Å². The second-order valence-corrected chi connectivity index (χ2v) is 4.31. The van der Waals surface area contributed by atoms with Crippen LogP contribution >= 0.6 is 11.3 Å². The highest BCUT2D eigenvalue weighted by atomic mass is 32.1. The van der Waals surface area contributed by atoms with E-state index in [0.717, 1.165) is 5.01 Å². The fraction of sp³-hybridized carbons (Fsp3) is 0.556.